The minimum absolute atomic E-state index is 0.00999. The number of piperidine rings is 1. The van der Waals surface area contributed by atoms with Crippen LogP contribution in [0.4, 0.5) is 4.39 Å². The highest BCUT2D eigenvalue weighted by Gasteiger charge is 2.35. The van der Waals surface area contributed by atoms with Gasteiger partial charge in [-0.2, -0.15) is 4.31 Å². The Bertz CT molecular complexity index is 1080. The van der Waals surface area contributed by atoms with E-state index in [1.54, 1.807) is 18.5 Å². The SMILES string of the molecule is CCC(C)[C@@H](NC(=O)C1CCCN(S(=O)(=O)c2ccc(F)cc2)C1)C(=O)NCc1cccnc1. The molecule has 34 heavy (non-hydrogen) atoms. The van der Waals surface area contributed by atoms with Gasteiger partial charge in [0.05, 0.1) is 10.8 Å². The van der Waals surface area contributed by atoms with E-state index in [1.807, 2.05) is 19.9 Å². The third-order valence-corrected chi connectivity index (χ3v) is 8.07. The Labute approximate surface area is 200 Å². The molecule has 10 heteroatoms. The van der Waals surface area contributed by atoms with E-state index >= 15 is 0 Å². The van der Waals surface area contributed by atoms with Gasteiger partial charge in [-0.1, -0.05) is 26.3 Å². The Morgan fingerprint density at radius 2 is 1.97 bits per heavy atom. The van der Waals surface area contributed by atoms with Crippen molar-refractivity contribution in [3.05, 3.63) is 60.2 Å². The Morgan fingerprint density at radius 3 is 2.62 bits per heavy atom. The lowest BCUT2D eigenvalue weighted by atomic mass is 9.94. The smallest absolute Gasteiger partial charge is 0.243 e. The van der Waals surface area contributed by atoms with Crippen LogP contribution < -0.4 is 10.6 Å². The van der Waals surface area contributed by atoms with Crippen molar-refractivity contribution in [1.82, 2.24) is 19.9 Å². The molecule has 1 aliphatic heterocycles. The maximum Gasteiger partial charge on any atom is 0.243 e. The second-order valence-electron chi connectivity index (χ2n) is 8.61. The first-order chi connectivity index (χ1) is 16.2. The molecule has 0 saturated carbocycles. The van der Waals surface area contributed by atoms with E-state index in [4.69, 9.17) is 0 Å². The molecule has 8 nitrogen and oxygen atoms in total. The van der Waals surface area contributed by atoms with Gasteiger partial charge in [0.25, 0.3) is 0 Å². The summed E-state index contributed by atoms with van der Waals surface area (Å²) in [4.78, 5) is 30.0. The maximum absolute atomic E-state index is 13.2. The van der Waals surface area contributed by atoms with E-state index in [0.717, 1.165) is 17.7 Å². The summed E-state index contributed by atoms with van der Waals surface area (Å²) in [5.41, 5.74) is 0.846. The van der Waals surface area contributed by atoms with Crippen molar-refractivity contribution in [3.8, 4) is 0 Å². The van der Waals surface area contributed by atoms with Crippen LogP contribution in [0.1, 0.15) is 38.7 Å². The van der Waals surface area contributed by atoms with Gasteiger partial charge in [0.2, 0.25) is 21.8 Å². The van der Waals surface area contributed by atoms with E-state index in [-0.39, 0.29) is 35.7 Å². The zero-order valence-electron chi connectivity index (χ0n) is 19.4. The number of rotatable bonds is 9. The van der Waals surface area contributed by atoms with Crippen LogP contribution >= 0.6 is 0 Å². The average molecular weight is 491 g/mol. The molecule has 2 aromatic rings. The first-order valence-electron chi connectivity index (χ1n) is 11.4. The van der Waals surface area contributed by atoms with Gasteiger partial charge in [-0.15, -0.1) is 0 Å². The van der Waals surface area contributed by atoms with E-state index in [0.29, 0.717) is 25.8 Å². The first-order valence-corrected chi connectivity index (χ1v) is 12.9. The van der Waals surface area contributed by atoms with Crippen LogP contribution in [0, 0.1) is 17.7 Å². The van der Waals surface area contributed by atoms with E-state index < -0.39 is 27.8 Å². The molecule has 3 rings (SSSR count). The standard InChI is InChI=1S/C24H31FN4O4S/c1-3-17(2)22(24(31)27-15-18-6-4-12-26-14-18)28-23(30)19-7-5-13-29(16-19)34(32,33)21-10-8-20(25)9-11-21/h4,6,8-12,14,17,19,22H,3,5,7,13,15-16H2,1-2H3,(H,27,31)(H,28,30)/t17?,19?,22-/m1/s1. The molecule has 1 saturated heterocycles. The van der Waals surface area contributed by atoms with Gasteiger partial charge in [-0.05, 0) is 54.7 Å². The van der Waals surface area contributed by atoms with Gasteiger partial charge in [0.15, 0.2) is 0 Å². The van der Waals surface area contributed by atoms with E-state index in [2.05, 4.69) is 15.6 Å². The summed E-state index contributed by atoms with van der Waals surface area (Å²) in [6, 6.07) is 7.54. The Morgan fingerprint density at radius 1 is 1.24 bits per heavy atom. The van der Waals surface area contributed by atoms with Crippen molar-refractivity contribution >= 4 is 21.8 Å². The van der Waals surface area contributed by atoms with Gasteiger partial charge in [0, 0.05) is 32.0 Å². The van der Waals surface area contributed by atoms with Crippen LogP contribution in [0.25, 0.3) is 0 Å². The second-order valence-corrected chi connectivity index (χ2v) is 10.5. The van der Waals surface area contributed by atoms with Gasteiger partial charge < -0.3 is 10.6 Å². The Kier molecular flexibility index (Phi) is 8.73. The number of hydrogen-bond acceptors (Lipinski definition) is 5. The zero-order valence-corrected chi connectivity index (χ0v) is 20.2. The molecule has 2 amide bonds. The third kappa shape index (κ3) is 6.38. The lowest BCUT2D eigenvalue weighted by Crippen LogP contribution is -2.53. The number of amides is 2. The summed E-state index contributed by atoms with van der Waals surface area (Å²) in [7, 11) is -3.85. The quantitative estimate of drug-likeness (QED) is 0.561. The Balaban J connectivity index is 1.66. The molecule has 3 atom stereocenters. The molecule has 184 valence electrons. The van der Waals surface area contributed by atoms with Gasteiger partial charge >= 0.3 is 0 Å². The number of carbonyl (C=O) groups excluding carboxylic acids is 2. The molecular weight excluding hydrogens is 459 g/mol. The fourth-order valence-corrected chi connectivity index (χ4v) is 5.43. The van der Waals surface area contributed by atoms with E-state index in [9.17, 15) is 22.4 Å². The van der Waals surface area contributed by atoms with Gasteiger partial charge in [0.1, 0.15) is 11.9 Å². The van der Waals surface area contributed by atoms with Crippen LogP contribution in [0.15, 0.2) is 53.7 Å². The molecule has 0 spiro atoms. The number of aromatic nitrogens is 1. The molecule has 1 aliphatic rings. The number of nitrogens with zero attached hydrogens (tertiary/aromatic N) is 2. The van der Waals surface area contributed by atoms with Crippen molar-refractivity contribution < 1.29 is 22.4 Å². The van der Waals surface area contributed by atoms with Crippen molar-refractivity contribution in [1.29, 1.82) is 0 Å². The summed E-state index contributed by atoms with van der Waals surface area (Å²) >= 11 is 0. The maximum atomic E-state index is 13.2. The minimum Gasteiger partial charge on any atom is -0.350 e. The number of nitrogens with one attached hydrogen (secondary N) is 2. The monoisotopic (exact) mass is 490 g/mol. The molecule has 0 bridgehead atoms. The lowest BCUT2D eigenvalue weighted by Gasteiger charge is -2.32. The summed E-state index contributed by atoms with van der Waals surface area (Å²) < 4.78 is 40.4. The number of hydrogen-bond donors (Lipinski definition) is 2. The topological polar surface area (TPSA) is 108 Å². The van der Waals surface area contributed by atoms with Crippen molar-refractivity contribution in [2.45, 2.75) is 50.6 Å². The lowest BCUT2D eigenvalue weighted by molar-refractivity contribution is -0.133. The molecule has 2 unspecified atom stereocenters. The second kappa shape index (κ2) is 11.5. The largest absolute Gasteiger partial charge is 0.350 e. The normalized spacial score (nSPS) is 18.6. The van der Waals surface area contributed by atoms with Gasteiger partial charge in [-0.3, -0.25) is 14.6 Å². The summed E-state index contributed by atoms with van der Waals surface area (Å²) in [6.07, 6.45) is 5.03. The number of carbonyl (C=O) groups is 2. The van der Waals surface area contributed by atoms with Crippen molar-refractivity contribution in [3.63, 3.8) is 0 Å². The molecule has 0 radical (unpaired) electrons. The molecule has 1 aromatic heterocycles. The van der Waals surface area contributed by atoms with Gasteiger partial charge in [-0.25, -0.2) is 12.8 Å². The highest BCUT2D eigenvalue weighted by Crippen LogP contribution is 2.24. The average Bonchev–Trinajstić information content (AvgIpc) is 2.86. The fourth-order valence-electron chi connectivity index (χ4n) is 3.91. The Hall–Kier alpha value is -2.85. The first kappa shape index (κ1) is 25.8. The van der Waals surface area contributed by atoms with E-state index in [1.165, 1.54) is 16.4 Å². The van der Waals surface area contributed by atoms with Crippen LogP contribution in [0.5, 0.6) is 0 Å². The van der Waals surface area contributed by atoms with Crippen LogP contribution in [-0.4, -0.2) is 48.7 Å². The highest BCUT2D eigenvalue weighted by atomic mass is 32.2. The van der Waals surface area contributed by atoms with Crippen molar-refractivity contribution in [2.75, 3.05) is 13.1 Å². The number of sulfonamides is 1. The number of pyridine rings is 1. The fraction of sp³-hybridized carbons (Fsp3) is 0.458. The molecule has 2 heterocycles. The molecule has 0 aliphatic carbocycles. The highest BCUT2D eigenvalue weighted by molar-refractivity contribution is 7.89. The van der Waals surface area contributed by atoms with Crippen LogP contribution in [0.3, 0.4) is 0 Å². The molecule has 2 N–H and O–H groups in total. The predicted molar refractivity (Wildman–Crippen MR) is 125 cm³/mol. The van der Waals surface area contributed by atoms with Crippen molar-refractivity contribution in [2.24, 2.45) is 11.8 Å². The summed E-state index contributed by atoms with van der Waals surface area (Å²) in [5, 5.41) is 5.71. The predicted octanol–water partition coefficient (Wildman–Crippen LogP) is 2.47. The number of benzene rings is 1. The van der Waals surface area contributed by atoms with Crippen LogP contribution in [0.2, 0.25) is 0 Å². The molecular formula is C24H31FN4O4S. The summed E-state index contributed by atoms with van der Waals surface area (Å²) in [6.45, 7) is 4.42. The summed E-state index contributed by atoms with van der Waals surface area (Å²) in [5.74, 6) is -1.85. The zero-order chi connectivity index (χ0) is 24.7. The molecule has 1 fully saturated rings. The third-order valence-electron chi connectivity index (χ3n) is 6.19. The number of halogens is 1. The van der Waals surface area contributed by atoms with Crippen LogP contribution in [-0.2, 0) is 26.2 Å². The minimum atomic E-state index is -3.85. The molecule has 1 aromatic carbocycles.